The maximum Gasteiger partial charge on any atom is 0.416 e. The molecule has 5 heteroatoms. The second-order valence-corrected chi connectivity index (χ2v) is 7.25. The standard InChI is InChI=1S/C14H19F3OSi/c1-10(2)13(3,4)19-18-9-11-6-5-7-12(8-11)14(15,16)17/h5-8,10H,9H2,1-4H3. The third-order valence-corrected chi connectivity index (χ3v) is 4.66. The zero-order valence-corrected chi connectivity index (χ0v) is 12.6. The lowest BCUT2D eigenvalue weighted by atomic mass is 9.99. The van der Waals surface area contributed by atoms with E-state index in [0.717, 1.165) is 12.1 Å². The Hall–Kier alpha value is -0.813. The van der Waals surface area contributed by atoms with Crippen LogP contribution in [0, 0.1) is 5.92 Å². The Bertz CT molecular complexity index is 413. The van der Waals surface area contributed by atoms with E-state index in [0.29, 0.717) is 11.5 Å². The van der Waals surface area contributed by atoms with Crippen LogP contribution in [0.15, 0.2) is 24.3 Å². The zero-order valence-electron chi connectivity index (χ0n) is 11.6. The van der Waals surface area contributed by atoms with Gasteiger partial charge in [0.15, 0.2) is 0 Å². The minimum Gasteiger partial charge on any atom is -0.413 e. The molecule has 19 heavy (non-hydrogen) atoms. The molecule has 1 aromatic carbocycles. The maximum atomic E-state index is 12.5. The summed E-state index contributed by atoms with van der Waals surface area (Å²) < 4.78 is 43.2. The van der Waals surface area contributed by atoms with Crippen LogP contribution in [-0.4, -0.2) is 9.76 Å². The first-order valence-electron chi connectivity index (χ1n) is 6.18. The van der Waals surface area contributed by atoms with Gasteiger partial charge in [-0.1, -0.05) is 39.8 Å². The summed E-state index contributed by atoms with van der Waals surface area (Å²) in [6.45, 7) is 8.64. The molecular formula is C14H19F3OSi. The lowest BCUT2D eigenvalue weighted by molar-refractivity contribution is -0.137. The van der Waals surface area contributed by atoms with Gasteiger partial charge in [0.05, 0.1) is 12.2 Å². The Morgan fingerprint density at radius 2 is 1.84 bits per heavy atom. The van der Waals surface area contributed by atoms with Crippen LogP contribution in [0.5, 0.6) is 0 Å². The number of halogens is 3. The average Bonchev–Trinajstić information content (AvgIpc) is 2.28. The highest BCUT2D eigenvalue weighted by atomic mass is 28.2. The molecule has 1 aromatic rings. The minimum atomic E-state index is -4.30. The summed E-state index contributed by atoms with van der Waals surface area (Å²) in [5.74, 6) is 0.465. The predicted octanol–water partition coefficient (Wildman–Crippen LogP) is 4.70. The van der Waals surface area contributed by atoms with Gasteiger partial charge in [-0.05, 0) is 28.7 Å². The van der Waals surface area contributed by atoms with Gasteiger partial charge >= 0.3 is 6.18 Å². The van der Waals surface area contributed by atoms with Gasteiger partial charge in [0.2, 0.25) is 9.76 Å². The number of rotatable bonds is 5. The van der Waals surface area contributed by atoms with Crippen LogP contribution >= 0.6 is 0 Å². The summed E-state index contributed by atoms with van der Waals surface area (Å²) in [6, 6.07) is 5.29. The summed E-state index contributed by atoms with van der Waals surface area (Å²) in [7, 11) is 0.267. The first-order chi connectivity index (χ1) is 8.63. The third-order valence-electron chi connectivity index (χ3n) is 3.27. The monoisotopic (exact) mass is 288 g/mol. The van der Waals surface area contributed by atoms with E-state index in [-0.39, 0.29) is 21.4 Å². The van der Waals surface area contributed by atoms with Gasteiger partial charge in [0, 0.05) is 0 Å². The summed E-state index contributed by atoms with van der Waals surface area (Å²) >= 11 is 0. The normalized spacial score (nSPS) is 13.1. The Kier molecular flexibility index (Phi) is 5.21. The van der Waals surface area contributed by atoms with Crippen molar-refractivity contribution in [3.63, 3.8) is 0 Å². The molecule has 0 N–H and O–H groups in total. The molecule has 0 saturated carbocycles. The third kappa shape index (κ3) is 4.99. The maximum absolute atomic E-state index is 12.5. The summed E-state index contributed by atoms with van der Waals surface area (Å²) in [6.07, 6.45) is -4.30. The molecule has 0 saturated heterocycles. The molecule has 106 valence electrons. The second-order valence-electron chi connectivity index (χ2n) is 5.47. The van der Waals surface area contributed by atoms with Crippen LogP contribution < -0.4 is 0 Å². The van der Waals surface area contributed by atoms with Crippen molar-refractivity contribution in [2.45, 2.75) is 45.5 Å². The topological polar surface area (TPSA) is 9.23 Å². The number of hydrogen-bond acceptors (Lipinski definition) is 1. The summed E-state index contributed by atoms with van der Waals surface area (Å²) in [5.41, 5.74) is -0.0677. The zero-order chi connectivity index (χ0) is 14.7. The van der Waals surface area contributed by atoms with Gasteiger partial charge in [-0.25, -0.2) is 0 Å². The Morgan fingerprint density at radius 3 is 2.37 bits per heavy atom. The summed E-state index contributed by atoms with van der Waals surface area (Å²) in [5, 5.41) is 0.0433. The lowest BCUT2D eigenvalue weighted by Gasteiger charge is -2.27. The van der Waals surface area contributed by atoms with Crippen molar-refractivity contribution in [2.75, 3.05) is 0 Å². The van der Waals surface area contributed by atoms with Gasteiger partial charge < -0.3 is 4.43 Å². The van der Waals surface area contributed by atoms with E-state index in [1.807, 2.05) is 0 Å². The first-order valence-corrected chi connectivity index (χ1v) is 7.09. The smallest absolute Gasteiger partial charge is 0.413 e. The van der Waals surface area contributed by atoms with Crippen LogP contribution in [0.2, 0.25) is 5.04 Å². The van der Waals surface area contributed by atoms with Crippen molar-refractivity contribution < 1.29 is 17.6 Å². The molecule has 0 aliphatic rings. The van der Waals surface area contributed by atoms with Gasteiger partial charge in [0.1, 0.15) is 0 Å². The highest BCUT2D eigenvalue weighted by Crippen LogP contribution is 2.33. The molecule has 0 aliphatic heterocycles. The Morgan fingerprint density at radius 1 is 1.21 bits per heavy atom. The van der Waals surface area contributed by atoms with Crippen LogP contribution in [0.3, 0.4) is 0 Å². The molecular weight excluding hydrogens is 269 g/mol. The van der Waals surface area contributed by atoms with Crippen molar-refractivity contribution in [2.24, 2.45) is 5.92 Å². The highest BCUT2D eigenvalue weighted by molar-refractivity contribution is 6.32. The fraction of sp³-hybridized carbons (Fsp3) is 0.571. The average molecular weight is 288 g/mol. The SMILES string of the molecule is CC(C)C(C)(C)[Si]OCc1cccc(C(F)(F)F)c1. The first kappa shape index (κ1) is 16.2. The molecule has 0 bridgehead atoms. The Labute approximate surface area is 115 Å². The molecule has 0 aliphatic carbocycles. The fourth-order valence-electron chi connectivity index (χ4n) is 1.26. The number of benzene rings is 1. The highest BCUT2D eigenvalue weighted by Gasteiger charge is 2.30. The molecule has 0 amide bonds. The molecule has 1 rings (SSSR count). The largest absolute Gasteiger partial charge is 0.416 e. The molecule has 0 fully saturated rings. The van der Waals surface area contributed by atoms with Gasteiger partial charge in [-0.15, -0.1) is 0 Å². The van der Waals surface area contributed by atoms with E-state index in [2.05, 4.69) is 27.7 Å². The molecule has 0 atom stereocenters. The predicted molar refractivity (Wildman–Crippen MR) is 70.9 cm³/mol. The van der Waals surface area contributed by atoms with Crippen molar-refractivity contribution >= 4 is 9.76 Å². The van der Waals surface area contributed by atoms with Crippen LogP contribution in [0.4, 0.5) is 13.2 Å². The Balaban J connectivity index is 2.60. The van der Waals surface area contributed by atoms with E-state index in [1.165, 1.54) is 6.07 Å². The quantitative estimate of drug-likeness (QED) is 0.714. The number of alkyl halides is 3. The minimum absolute atomic E-state index is 0.0433. The fourth-order valence-corrected chi connectivity index (χ4v) is 2.11. The molecule has 1 nitrogen and oxygen atoms in total. The van der Waals surface area contributed by atoms with Crippen LogP contribution in [0.25, 0.3) is 0 Å². The van der Waals surface area contributed by atoms with Crippen LogP contribution in [0.1, 0.15) is 38.8 Å². The van der Waals surface area contributed by atoms with Gasteiger partial charge in [-0.2, -0.15) is 13.2 Å². The molecule has 0 aromatic heterocycles. The van der Waals surface area contributed by atoms with E-state index >= 15 is 0 Å². The second kappa shape index (κ2) is 6.09. The number of hydrogen-bond donors (Lipinski definition) is 0. The molecule has 2 radical (unpaired) electrons. The van der Waals surface area contributed by atoms with Gasteiger partial charge in [-0.3, -0.25) is 0 Å². The molecule has 0 heterocycles. The molecule has 0 spiro atoms. The van der Waals surface area contributed by atoms with Crippen molar-refractivity contribution in [3.8, 4) is 0 Å². The van der Waals surface area contributed by atoms with Crippen molar-refractivity contribution in [1.29, 1.82) is 0 Å². The van der Waals surface area contributed by atoms with E-state index in [9.17, 15) is 13.2 Å². The van der Waals surface area contributed by atoms with E-state index in [1.54, 1.807) is 6.07 Å². The van der Waals surface area contributed by atoms with E-state index in [4.69, 9.17) is 4.43 Å². The van der Waals surface area contributed by atoms with Crippen molar-refractivity contribution in [3.05, 3.63) is 35.4 Å². The van der Waals surface area contributed by atoms with Crippen LogP contribution in [-0.2, 0) is 17.2 Å². The lowest BCUT2D eigenvalue weighted by Crippen LogP contribution is -2.22. The van der Waals surface area contributed by atoms with Gasteiger partial charge in [0.25, 0.3) is 0 Å². The molecule has 0 unspecified atom stereocenters. The van der Waals surface area contributed by atoms with Crippen molar-refractivity contribution in [1.82, 2.24) is 0 Å². The summed E-state index contributed by atoms with van der Waals surface area (Å²) in [4.78, 5) is 0. The van der Waals surface area contributed by atoms with E-state index < -0.39 is 11.7 Å².